The van der Waals surface area contributed by atoms with Gasteiger partial charge in [0.25, 0.3) is 5.78 Å². The van der Waals surface area contributed by atoms with Crippen LogP contribution in [0.4, 0.5) is 10.2 Å². The Kier molecular flexibility index (Phi) is 4.31. The quantitative estimate of drug-likeness (QED) is 0.730. The van der Waals surface area contributed by atoms with E-state index in [1.54, 1.807) is 16.6 Å². The van der Waals surface area contributed by atoms with Crippen LogP contribution in [0, 0.1) is 5.82 Å². The molecule has 1 aliphatic rings. The fourth-order valence-corrected chi connectivity index (χ4v) is 3.24. The molecule has 3 aromatic rings. The van der Waals surface area contributed by atoms with E-state index in [4.69, 9.17) is 4.74 Å². The first kappa shape index (κ1) is 16.0. The van der Waals surface area contributed by atoms with E-state index in [2.05, 4.69) is 33.0 Å². The van der Waals surface area contributed by atoms with E-state index in [1.807, 2.05) is 6.07 Å². The second-order valence-corrected chi connectivity index (χ2v) is 6.15. The van der Waals surface area contributed by atoms with Gasteiger partial charge in [0.15, 0.2) is 0 Å². The maximum absolute atomic E-state index is 14.1. The molecule has 0 aliphatic carbocycles. The van der Waals surface area contributed by atoms with E-state index in [0.717, 1.165) is 30.9 Å². The molecule has 3 heterocycles. The summed E-state index contributed by atoms with van der Waals surface area (Å²) in [6, 6.07) is 8.83. The molecule has 4 rings (SSSR count). The molecule has 0 bridgehead atoms. The lowest BCUT2D eigenvalue weighted by atomic mass is 10.1. The number of hydrogen-bond acceptors (Lipinski definition) is 5. The van der Waals surface area contributed by atoms with Crippen molar-refractivity contribution in [1.29, 1.82) is 0 Å². The van der Waals surface area contributed by atoms with Gasteiger partial charge in [-0.2, -0.15) is 14.6 Å². The van der Waals surface area contributed by atoms with Crippen molar-refractivity contribution in [2.75, 3.05) is 24.6 Å². The van der Waals surface area contributed by atoms with Crippen LogP contribution in [0.25, 0.3) is 5.78 Å². The van der Waals surface area contributed by atoms with Gasteiger partial charge in [-0.05, 0) is 12.5 Å². The van der Waals surface area contributed by atoms with E-state index < -0.39 is 0 Å². The summed E-state index contributed by atoms with van der Waals surface area (Å²) in [7, 11) is 0. The highest BCUT2D eigenvalue weighted by Crippen LogP contribution is 2.28. The number of morpholine rings is 1. The van der Waals surface area contributed by atoms with Gasteiger partial charge in [0.2, 0.25) is 0 Å². The van der Waals surface area contributed by atoms with Crippen LogP contribution in [-0.2, 0) is 11.2 Å². The molecule has 1 atom stereocenters. The van der Waals surface area contributed by atoms with Gasteiger partial charge in [0, 0.05) is 30.4 Å². The fraction of sp³-hybridized carbons (Fsp3) is 0.389. The van der Waals surface area contributed by atoms with Crippen LogP contribution in [0.5, 0.6) is 0 Å². The summed E-state index contributed by atoms with van der Waals surface area (Å²) in [5.74, 6) is 1.28. The molecule has 0 spiro atoms. The van der Waals surface area contributed by atoms with E-state index in [9.17, 15) is 4.39 Å². The Morgan fingerprint density at radius 1 is 1.32 bits per heavy atom. The number of fused-ring (bicyclic) bond motifs is 1. The molecular formula is C18H20FN5O. The first-order chi connectivity index (χ1) is 12.3. The molecule has 1 aliphatic heterocycles. The molecule has 0 unspecified atom stereocenters. The summed E-state index contributed by atoms with van der Waals surface area (Å²) >= 11 is 0. The average molecular weight is 341 g/mol. The van der Waals surface area contributed by atoms with Gasteiger partial charge in [-0.1, -0.05) is 31.5 Å². The lowest BCUT2D eigenvalue weighted by Crippen LogP contribution is -2.39. The lowest BCUT2D eigenvalue weighted by Gasteiger charge is -2.34. The second-order valence-electron chi connectivity index (χ2n) is 6.15. The Bertz CT molecular complexity index is 881. The molecule has 2 aromatic heterocycles. The van der Waals surface area contributed by atoms with Crippen molar-refractivity contribution in [3.63, 3.8) is 0 Å². The zero-order valence-corrected chi connectivity index (χ0v) is 14.1. The van der Waals surface area contributed by atoms with Gasteiger partial charge >= 0.3 is 0 Å². The van der Waals surface area contributed by atoms with E-state index in [-0.39, 0.29) is 11.9 Å². The summed E-state index contributed by atoms with van der Waals surface area (Å²) < 4.78 is 21.7. The largest absolute Gasteiger partial charge is 0.370 e. The molecule has 7 heteroatoms. The molecule has 0 radical (unpaired) electrons. The third-order valence-electron chi connectivity index (χ3n) is 4.43. The van der Waals surface area contributed by atoms with Crippen LogP contribution in [0.3, 0.4) is 0 Å². The molecule has 6 nitrogen and oxygen atoms in total. The fourth-order valence-electron chi connectivity index (χ4n) is 3.24. The van der Waals surface area contributed by atoms with Crippen LogP contribution < -0.4 is 4.90 Å². The van der Waals surface area contributed by atoms with Gasteiger partial charge in [-0.15, -0.1) is 0 Å². The zero-order chi connectivity index (χ0) is 17.2. The van der Waals surface area contributed by atoms with Crippen LogP contribution >= 0.6 is 0 Å². The van der Waals surface area contributed by atoms with Gasteiger partial charge in [-0.3, -0.25) is 0 Å². The van der Waals surface area contributed by atoms with Crippen molar-refractivity contribution < 1.29 is 9.13 Å². The summed E-state index contributed by atoms with van der Waals surface area (Å²) in [5, 5.41) is 4.30. The number of ether oxygens (including phenoxy) is 1. The van der Waals surface area contributed by atoms with Gasteiger partial charge in [-0.25, -0.2) is 9.37 Å². The van der Waals surface area contributed by atoms with Gasteiger partial charge in [0.1, 0.15) is 24.1 Å². The minimum atomic E-state index is -0.309. The van der Waals surface area contributed by atoms with Gasteiger partial charge < -0.3 is 9.64 Å². The van der Waals surface area contributed by atoms with Crippen molar-refractivity contribution in [1.82, 2.24) is 19.6 Å². The zero-order valence-electron chi connectivity index (χ0n) is 14.1. The number of rotatable bonds is 4. The van der Waals surface area contributed by atoms with Crippen molar-refractivity contribution in [2.24, 2.45) is 0 Å². The summed E-state index contributed by atoms with van der Waals surface area (Å²) in [5.41, 5.74) is 1.58. The highest BCUT2D eigenvalue weighted by Gasteiger charge is 2.26. The maximum atomic E-state index is 14.1. The summed E-state index contributed by atoms with van der Waals surface area (Å²) in [6.07, 6.45) is 3.10. The molecule has 1 fully saturated rings. The molecule has 1 saturated heterocycles. The molecule has 25 heavy (non-hydrogen) atoms. The van der Waals surface area contributed by atoms with Crippen LogP contribution in [0.15, 0.2) is 36.7 Å². The molecule has 130 valence electrons. The number of aromatic nitrogens is 4. The van der Waals surface area contributed by atoms with E-state index in [0.29, 0.717) is 24.5 Å². The normalized spacial score (nSPS) is 18.0. The topological polar surface area (TPSA) is 55.6 Å². The Labute approximate surface area is 145 Å². The molecule has 0 saturated carbocycles. The first-order valence-electron chi connectivity index (χ1n) is 8.57. The Morgan fingerprint density at radius 2 is 2.20 bits per heavy atom. The standard InChI is InChI=1S/C18H20FN5O/c1-2-5-13-10-17(24-18(22-13)20-12-21-24)23-8-9-25-16(11-23)14-6-3-4-7-15(14)19/h3-4,6-7,10,12,16H,2,5,8-9,11H2,1H3/t16-/m1/s1. The molecule has 0 amide bonds. The smallest absolute Gasteiger partial charge is 0.254 e. The van der Waals surface area contributed by atoms with Crippen LogP contribution in [-0.4, -0.2) is 39.3 Å². The van der Waals surface area contributed by atoms with Crippen LogP contribution in [0.1, 0.15) is 30.7 Å². The van der Waals surface area contributed by atoms with Crippen LogP contribution in [0.2, 0.25) is 0 Å². The summed E-state index contributed by atoms with van der Waals surface area (Å²) in [6.45, 7) is 3.93. The molecule has 1 aromatic carbocycles. The molecular weight excluding hydrogens is 321 g/mol. The van der Waals surface area contributed by atoms with E-state index >= 15 is 0 Å². The first-order valence-corrected chi connectivity index (χ1v) is 8.57. The molecule has 0 N–H and O–H groups in total. The Balaban J connectivity index is 1.68. The Hall–Kier alpha value is -2.54. The highest BCUT2D eigenvalue weighted by molar-refractivity contribution is 5.48. The highest BCUT2D eigenvalue weighted by atomic mass is 19.1. The maximum Gasteiger partial charge on any atom is 0.254 e. The van der Waals surface area contributed by atoms with Gasteiger partial charge in [0.05, 0.1) is 6.61 Å². The third-order valence-corrected chi connectivity index (χ3v) is 4.43. The average Bonchev–Trinajstić information content (AvgIpc) is 3.10. The van der Waals surface area contributed by atoms with Crippen molar-refractivity contribution in [3.05, 3.63) is 53.7 Å². The second kappa shape index (κ2) is 6.76. The number of hydrogen-bond donors (Lipinski definition) is 0. The van der Waals surface area contributed by atoms with Crippen molar-refractivity contribution in [3.8, 4) is 0 Å². The van der Waals surface area contributed by atoms with E-state index in [1.165, 1.54) is 12.4 Å². The number of nitrogens with zero attached hydrogens (tertiary/aromatic N) is 5. The Morgan fingerprint density at radius 3 is 3.04 bits per heavy atom. The monoisotopic (exact) mass is 341 g/mol. The number of halogens is 1. The number of anilines is 1. The lowest BCUT2D eigenvalue weighted by molar-refractivity contribution is 0.0371. The predicted octanol–water partition coefficient (Wildman–Crippen LogP) is 2.79. The summed E-state index contributed by atoms with van der Waals surface area (Å²) in [4.78, 5) is 10.9. The number of benzene rings is 1. The van der Waals surface area contributed by atoms with Crippen molar-refractivity contribution >= 4 is 11.6 Å². The minimum Gasteiger partial charge on any atom is -0.370 e. The van der Waals surface area contributed by atoms with Crippen molar-refractivity contribution in [2.45, 2.75) is 25.9 Å². The third kappa shape index (κ3) is 3.07. The minimum absolute atomic E-state index is 0.235. The number of aryl methyl sites for hydroxylation is 1. The predicted molar refractivity (Wildman–Crippen MR) is 92.1 cm³/mol. The SMILES string of the molecule is CCCc1cc(N2CCO[C@@H](c3ccccc3F)C2)n2ncnc2n1.